The Bertz CT molecular complexity index is 813. The molecule has 3 rings (SSSR count). The van der Waals surface area contributed by atoms with Crippen molar-refractivity contribution >= 4 is 11.7 Å². The number of nitrogens with two attached hydrogens (primary N) is 1. The first-order valence-electron chi connectivity index (χ1n) is 7.25. The Balaban J connectivity index is 1.81. The van der Waals surface area contributed by atoms with Gasteiger partial charge in [0.1, 0.15) is 0 Å². The highest BCUT2D eigenvalue weighted by atomic mass is 16.5. The summed E-state index contributed by atoms with van der Waals surface area (Å²) in [5.41, 5.74) is 7.90. The number of esters is 1. The molecule has 0 aromatic heterocycles. The zero-order valence-corrected chi connectivity index (χ0v) is 12.3. The van der Waals surface area contributed by atoms with Crippen LogP contribution in [0.4, 0.5) is 5.69 Å². The molecule has 5 nitrogen and oxygen atoms in total. The van der Waals surface area contributed by atoms with Crippen LogP contribution in [0.25, 0.3) is 0 Å². The van der Waals surface area contributed by atoms with Gasteiger partial charge in [0.05, 0.1) is 22.9 Å². The molecule has 22 heavy (non-hydrogen) atoms. The summed E-state index contributed by atoms with van der Waals surface area (Å²) in [6.07, 6.45) is 0.530. The Hall–Kier alpha value is -2.69. The average Bonchev–Trinajstić information content (AvgIpc) is 2.95. The molecule has 2 aromatic rings. The molecule has 2 aromatic carbocycles. The lowest BCUT2D eigenvalue weighted by atomic mass is 10.1. The van der Waals surface area contributed by atoms with E-state index in [0.717, 1.165) is 22.7 Å². The lowest BCUT2D eigenvalue weighted by molar-refractivity contribution is 0.0505. The quantitative estimate of drug-likeness (QED) is 0.690. The molecule has 0 spiro atoms. The fourth-order valence-corrected chi connectivity index (χ4v) is 2.26. The van der Waals surface area contributed by atoms with Crippen molar-refractivity contribution in [2.75, 3.05) is 12.3 Å². The second kappa shape index (κ2) is 5.97. The van der Waals surface area contributed by atoms with Crippen LogP contribution in [0.3, 0.4) is 0 Å². The molecule has 0 radical (unpaired) electrons. The van der Waals surface area contributed by atoms with E-state index in [4.69, 9.17) is 10.5 Å². The molecule has 0 saturated heterocycles. The highest BCUT2D eigenvalue weighted by Gasteiger charge is 2.14. The monoisotopic (exact) mass is 295 g/mol. The van der Waals surface area contributed by atoms with E-state index in [1.165, 1.54) is 0 Å². The SMILES string of the molecule is CCCOC(=O)c1ccc([C@H]2N=c3ccc(N)cc3=N2)cc1. The first-order valence-corrected chi connectivity index (χ1v) is 7.25. The maximum atomic E-state index is 11.8. The number of rotatable bonds is 4. The van der Waals surface area contributed by atoms with Gasteiger partial charge in [0.2, 0.25) is 0 Å². The molecule has 0 amide bonds. The van der Waals surface area contributed by atoms with Gasteiger partial charge in [-0.25, -0.2) is 4.79 Å². The van der Waals surface area contributed by atoms with Crippen molar-refractivity contribution in [3.63, 3.8) is 0 Å². The molecule has 0 aliphatic carbocycles. The van der Waals surface area contributed by atoms with Gasteiger partial charge >= 0.3 is 5.97 Å². The Morgan fingerprint density at radius 3 is 2.59 bits per heavy atom. The maximum Gasteiger partial charge on any atom is 0.338 e. The Morgan fingerprint density at radius 1 is 1.14 bits per heavy atom. The van der Waals surface area contributed by atoms with Crippen LogP contribution in [0.5, 0.6) is 0 Å². The van der Waals surface area contributed by atoms with E-state index in [1.54, 1.807) is 12.1 Å². The van der Waals surface area contributed by atoms with Crippen molar-refractivity contribution < 1.29 is 9.53 Å². The van der Waals surface area contributed by atoms with E-state index in [1.807, 2.05) is 37.3 Å². The van der Waals surface area contributed by atoms with Crippen LogP contribution in [0.15, 0.2) is 52.4 Å². The predicted octanol–water partition coefficient (Wildman–Crippen LogP) is 1.79. The van der Waals surface area contributed by atoms with Crippen LogP contribution in [0.2, 0.25) is 0 Å². The largest absolute Gasteiger partial charge is 0.462 e. The van der Waals surface area contributed by atoms with Crippen molar-refractivity contribution in [2.24, 2.45) is 9.98 Å². The van der Waals surface area contributed by atoms with Crippen LogP contribution in [-0.2, 0) is 4.74 Å². The van der Waals surface area contributed by atoms with Gasteiger partial charge in [-0.1, -0.05) is 19.1 Å². The summed E-state index contributed by atoms with van der Waals surface area (Å²) >= 11 is 0. The number of nitrogen functional groups attached to an aromatic ring is 1. The number of hydrogen-bond donors (Lipinski definition) is 1. The molecular weight excluding hydrogens is 278 g/mol. The number of fused-ring (bicyclic) bond motifs is 1. The number of benzene rings is 2. The highest BCUT2D eigenvalue weighted by Crippen LogP contribution is 2.20. The van der Waals surface area contributed by atoms with Gasteiger partial charge in [0.15, 0.2) is 6.17 Å². The normalized spacial score (nSPS) is 15.6. The van der Waals surface area contributed by atoms with Crippen LogP contribution in [-0.4, -0.2) is 12.6 Å². The van der Waals surface area contributed by atoms with E-state index in [0.29, 0.717) is 17.9 Å². The highest BCUT2D eigenvalue weighted by molar-refractivity contribution is 5.89. The summed E-state index contributed by atoms with van der Waals surface area (Å²) in [5, 5.41) is 1.64. The minimum atomic E-state index is -0.301. The zero-order valence-electron chi connectivity index (χ0n) is 12.3. The molecule has 0 saturated carbocycles. The van der Waals surface area contributed by atoms with E-state index >= 15 is 0 Å². The Labute approximate surface area is 128 Å². The Morgan fingerprint density at radius 2 is 1.86 bits per heavy atom. The van der Waals surface area contributed by atoms with Crippen molar-refractivity contribution in [3.8, 4) is 0 Å². The zero-order chi connectivity index (χ0) is 15.5. The van der Waals surface area contributed by atoms with E-state index in [9.17, 15) is 4.79 Å². The summed E-state index contributed by atoms with van der Waals surface area (Å²) < 4.78 is 5.11. The molecule has 1 aliphatic rings. The van der Waals surface area contributed by atoms with Gasteiger partial charge < -0.3 is 10.5 Å². The third kappa shape index (κ3) is 2.83. The molecule has 2 N–H and O–H groups in total. The Kier molecular flexibility index (Phi) is 3.87. The molecule has 5 heteroatoms. The standard InChI is InChI=1S/C17H17N3O2/c1-2-9-22-17(21)12-5-3-11(4-6-12)16-19-14-8-7-13(18)10-15(14)20-16/h3-8,10,16H,2,9,18H2,1H3/t16-/m0/s1. The number of ether oxygens (including phenoxy) is 1. The van der Waals surface area contributed by atoms with Gasteiger partial charge in [-0.2, -0.15) is 0 Å². The van der Waals surface area contributed by atoms with Gasteiger partial charge in [0, 0.05) is 5.69 Å². The minimum Gasteiger partial charge on any atom is -0.462 e. The van der Waals surface area contributed by atoms with Gasteiger partial charge in [-0.05, 0) is 42.3 Å². The van der Waals surface area contributed by atoms with Crippen LogP contribution >= 0.6 is 0 Å². The first kappa shape index (κ1) is 14.3. The fourth-order valence-electron chi connectivity index (χ4n) is 2.26. The van der Waals surface area contributed by atoms with Gasteiger partial charge in [0.25, 0.3) is 0 Å². The van der Waals surface area contributed by atoms with Crippen molar-refractivity contribution in [1.29, 1.82) is 0 Å². The molecule has 1 atom stereocenters. The second-order valence-corrected chi connectivity index (χ2v) is 5.14. The number of nitrogens with zero attached hydrogens (tertiary/aromatic N) is 2. The lowest BCUT2D eigenvalue weighted by Gasteiger charge is -2.06. The number of carbonyl (C=O) groups excluding carboxylic acids is 1. The summed E-state index contributed by atoms with van der Waals surface area (Å²) in [7, 11) is 0. The van der Waals surface area contributed by atoms with Crippen molar-refractivity contribution in [3.05, 3.63) is 64.3 Å². The molecule has 0 bridgehead atoms. The third-order valence-electron chi connectivity index (χ3n) is 3.40. The summed E-state index contributed by atoms with van der Waals surface area (Å²) in [4.78, 5) is 20.9. The summed E-state index contributed by atoms with van der Waals surface area (Å²) in [6, 6.07) is 12.7. The van der Waals surface area contributed by atoms with Crippen LogP contribution < -0.4 is 16.4 Å². The predicted molar refractivity (Wildman–Crippen MR) is 82.9 cm³/mol. The smallest absolute Gasteiger partial charge is 0.338 e. The fraction of sp³-hybridized carbons (Fsp3) is 0.235. The van der Waals surface area contributed by atoms with Crippen LogP contribution in [0, 0.1) is 0 Å². The van der Waals surface area contributed by atoms with Crippen molar-refractivity contribution in [2.45, 2.75) is 19.5 Å². The number of anilines is 1. The minimum absolute atomic E-state index is 0.280. The maximum absolute atomic E-state index is 11.8. The average molecular weight is 295 g/mol. The second-order valence-electron chi connectivity index (χ2n) is 5.14. The third-order valence-corrected chi connectivity index (χ3v) is 3.40. The molecule has 0 fully saturated rings. The topological polar surface area (TPSA) is 77.0 Å². The summed E-state index contributed by atoms with van der Waals surface area (Å²) in [5.74, 6) is -0.301. The molecular formula is C17H17N3O2. The van der Waals surface area contributed by atoms with E-state index in [2.05, 4.69) is 9.98 Å². The molecule has 0 unspecified atom stereocenters. The van der Waals surface area contributed by atoms with Crippen molar-refractivity contribution in [1.82, 2.24) is 0 Å². The van der Waals surface area contributed by atoms with Crippen LogP contribution in [0.1, 0.15) is 35.4 Å². The number of hydrogen-bond acceptors (Lipinski definition) is 5. The molecule has 1 aliphatic heterocycles. The molecule has 112 valence electrons. The number of carbonyl (C=O) groups is 1. The summed E-state index contributed by atoms with van der Waals surface area (Å²) in [6.45, 7) is 2.40. The van der Waals surface area contributed by atoms with E-state index < -0.39 is 0 Å². The first-order chi connectivity index (χ1) is 10.7. The lowest BCUT2D eigenvalue weighted by Crippen LogP contribution is -2.21. The van der Waals surface area contributed by atoms with Gasteiger partial charge in [-0.3, -0.25) is 9.98 Å². The van der Waals surface area contributed by atoms with E-state index in [-0.39, 0.29) is 12.1 Å². The van der Waals surface area contributed by atoms with Gasteiger partial charge in [-0.15, -0.1) is 0 Å². The molecule has 1 heterocycles.